The molecule has 126 valence electrons. The third-order valence-corrected chi connectivity index (χ3v) is 4.73. The molecule has 0 radical (unpaired) electrons. The topological polar surface area (TPSA) is 48.5 Å². The van der Waals surface area contributed by atoms with Crippen LogP contribution in [0.2, 0.25) is 0 Å². The van der Waals surface area contributed by atoms with E-state index in [0.717, 1.165) is 52.7 Å². The first kappa shape index (κ1) is 15.6. The summed E-state index contributed by atoms with van der Waals surface area (Å²) in [6, 6.07) is 8.21. The lowest BCUT2D eigenvalue weighted by atomic mass is 9.94. The Labute approximate surface area is 147 Å². The molecule has 0 atom stereocenters. The van der Waals surface area contributed by atoms with Crippen LogP contribution in [0.5, 0.6) is 0 Å². The molecule has 1 aromatic carbocycles. The van der Waals surface area contributed by atoms with Gasteiger partial charge in [0.05, 0.1) is 6.54 Å². The fourth-order valence-corrected chi connectivity index (χ4v) is 3.39. The highest BCUT2D eigenvalue weighted by Crippen LogP contribution is 2.30. The van der Waals surface area contributed by atoms with Gasteiger partial charge < -0.3 is 4.98 Å². The second-order valence-corrected chi connectivity index (χ2v) is 6.41. The number of amides is 1. The van der Waals surface area contributed by atoms with Crippen LogP contribution in [0.3, 0.4) is 0 Å². The molecule has 25 heavy (non-hydrogen) atoms. The number of aromatic nitrogens is 1. The van der Waals surface area contributed by atoms with Gasteiger partial charge >= 0.3 is 0 Å². The monoisotopic (exact) mass is 331 g/mol. The fourth-order valence-electron chi connectivity index (χ4n) is 3.39. The van der Waals surface area contributed by atoms with E-state index in [2.05, 4.69) is 23.0 Å². The third-order valence-electron chi connectivity index (χ3n) is 4.73. The molecule has 1 N–H and O–H groups in total. The zero-order valence-corrected chi connectivity index (χ0v) is 14.3. The van der Waals surface area contributed by atoms with Crippen molar-refractivity contribution in [2.45, 2.75) is 26.2 Å². The highest BCUT2D eigenvalue weighted by molar-refractivity contribution is 6.27. The van der Waals surface area contributed by atoms with Gasteiger partial charge in [-0.3, -0.25) is 14.7 Å². The minimum absolute atomic E-state index is 0.0119. The lowest BCUT2D eigenvalue weighted by molar-refractivity contribution is -0.119. The number of nitrogens with zero attached hydrogens (tertiary/aromatic N) is 2. The molecule has 0 saturated heterocycles. The molecule has 4 rings (SSSR count). The number of aliphatic imine (C=N–C) groups is 1. The number of amidine groups is 1. The molecule has 0 fully saturated rings. The Balaban J connectivity index is 1.83. The standard InChI is InChI=1S/C21H21N3O/c1-2-3-6-17-14-23-19-7-4-5-12-24(19)21(25)20(17)16-8-9-18-15(13-16)10-11-22-18/h4-5,7-13,22H,2-3,6,14H2,1H3. The van der Waals surface area contributed by atoms with E-state index in [9.17, 15) is 4.79 Å². The Morgan fingerprint density at radius 2 is 2.16 bits per heavy atom. The Morgan fingerprint density at radius 1 is 1.24 bits per heavy atom. The van der Waals surface area contributed by atoms with Crippen molar-refractivity contribution in [3.8, 4) is 0 Å². The quantitative estimate of drug-likeness (QED) is 0.885. The van der Waals surface area contributed by atoms with E-state index in [4.69, 9.17) is 0 Å². The molecule has 1 amide bonds. The van der Waals surface area contributed by atoms with Crippen LogP contribution in [0.4, 0.5) is 0 Å². The Hall–Kier alpha value is -2.88. The van der Waals surface area contributed by atoms with E-state index in [1.165, 1.54) is 0 Å². The van der Waals surface area contributed by atoms with Crippen LogP contribution < -0.4 is 0 Å². The van der Waals surface area contributed by atoms with Gasteiger partial charge in [-0.25, -0.2) is 0 Å². The summed E-state index contributed by atoms with van der Waals surface area (Å²) in [6.45, 7) is 2.75. The van der Waals surface area contributed by atoms with Gasteiger partial charge in [0.2, 0.25) is 0 Å². The summed E-state index contributed by atoms with van der Waals surface area (Å²) in [4.78, 5) is 22.9. The molecule has 0 unspecified atom stereocenters. The molecule has 2 aliphatic rings. The maximum atomic E-state index is 13.3. The number of nitrogens with one attached hydrogen (secondary N) is 1. The third kappa shape index (κ3) is 2.84. The molecule has 0 aliphatic carbocycles. The summed E-state index contributed by atoms with van der Waals surface area (Å²) >= 11 is 0. The number of benzene rings is 1. The molecule has 4 heteroatoms. The smallest absolute Gasteiger partial charge is 0.264 e. The summed E-state index contributed by atoms with van der Waals surface area (Å²) in [5, 5.41) is 1.12. The lowest BCUT2D eigenvalue weighted by Gasteiger charge is -2.21. The first-order valence-corrected chi connectivity index (χ1v) is 8.80. The molecule has 4 nitrogen and oxygen atoms in total. The van der Waals surface area contributed by atoms with Gasteiger partial charge in [0, 0.05) is 23.5 Å². The van der Waals surface area contributed by atoms with Crippen molar-refractivity contribution in [3.05, 3.63) is 66.0 Å². The lowest BCUT2D eigenvalue weighted by Crippen LogP contribution is -2.32. The van der Waals surface area contributed by atoms with Gasteiger partial charge in [0.1, 0.15) is 5.84 Å². The Kier molecular flexibility index (Phi) is 4.10. The zero-order chi connectivity index (χ0) is 17.2. The molecule has 2 aromatic rings. The molecular formula is C21H21N3O. The highest BCUT2D eigenvalue weighted by Gasteiger charge is 2.27. The van der Waals surface area contributed by atoms with Crippen LogP contribution in [0, 0.1) is 0 Å². The number of rotatable bonds is 4. The van der Waals surface area contributed by atoms with Crippen molar-refractivity contribution in [2.75, 3.05) is 6.54 Å². The minimum Gasteiger partial charge on any atom is -0.361 e. The van der Waals surface area contributed by atoms with Gasteiger partial charge in [-0.2, -0.15) is 0 Å². The number of carbonyl (C=O) groups is 1. The van der Waals surface area contributed by atoms with Crippen molar-refractivity contribution in [2.24, 2.45) is 4.99 Å². The van der Waals surface area contributed by atoms with Crippen LogP contribution in [0.1, 0.15) is 31.7 Å². The summed E-state index contributed by atoms with van der Waals surface area (Å²) in [5.41, 5.74) is 3.99. The summed E-state index contributed by atoms with van der Waals surface area (Å²) < 4.78 is 0. The van der Waals surface area contributed by atoms with Gasteiger partial charge in [0.15, 0.2) is 0 Å². The number of H-pyrrole nitrogens is 1. The highest BCUT2D eigenvalue weighted by atomic mass is 16.2. The van der Waals surface area contributed by atoms with E-state index < -0.39 is 0 Å². The Morgan fingerprint density at radius 3 is 3.04 bits per heavy atom. The molecule has 0 spiro atoms. The average Bonchev–Trinajstić information content (AvgIpc) is 3.06. The number of fused-ring (bicyclic) bond motifs is 2. The first-order chi connectivity index (χ1) is 12.3. The van der Waals surface area contributed by atoms with Gasteiger partial charge in [0.25, 0.3) is 5.91 Å². The summed E-state index contributed by atoms with van der Waals surface area (Å²) in [5.74, 6) is 0.733. The van der Waals surface area contributed by atoms with Crippen molar-refractivity contribution in [1.82, 2.24) is 9.88 Å². The molecule has 3 heterocycles. The van der Waals surface area contributed by atoms with Gasteiger partial charge in [-0.1, -0.05) is 25.5 Å². The van der Waals surface area contributed by atoms with Crippen LogP contribution >= 0.6 is 0 Å². The van der Waals surface area contributed by atoms with E-state index in [-0.39, 0.29) is 5.91 Å². The van der Waals surface area contributed by atoms with Gasteiger partial charge in [-0.05, 0) is 59.7 Å². The van der Waals surface area contributed by atoms with Crippen LogP contribution in [-0.2, 0) is 4.79 Å². The number of allylic oxidation sites excluding steroid dienone is 2. The SMILES string of the molecule is CCCCC1=C(c2ccc3[nH]ccc3c2)C(=O)N2C=CC=CC2=NC1. The Bertz CT molecular complexity index is 943. The molecule has 2 aliphatic heterocycles. The first-order valence-electron chi connectivity index (χ1n) is 8.80. The van der Waals surface area contributed by atoms with Crippen molar-refractivity contribution < 1.29 is 4.79 Å². The maximum Gasteiger partial charge on any atom is 0.264 e. The van der Waals surface area contributed by atoms with E-state index in [1.54, 1.807) is 11.1 Å². The molecule has 1 aromatic heterocycles. The van der Waals surface area contributed by atoms with Crippen molar-refractivity contribution in [1.29, 1.82) is 0 Å². The zero-order valence-electron chi connectivity index (χ0n) is 14.3. The van der Waals surface area contributed by atoms with Crippen LogP contribution in [-0.4, -0.2) is 28.2 Å². The largest absolute Gasteiger partial charge is 0.361 e. The number of aromatic amines is 1. The normalized spacial score (nSPS) is 17.1. The molecule has 0 saturated carbocycles. The van der Waals surface area contributed by atoms with Crippen LogP contribution in [0.25, 0.3) is 16.5 Å². The minimum atomic E-state index is 0.0119. The fraction of sp³-hybridized carbons (Fsp3) is 0.238. The summed E-state index contributed by atoms with van der Waals surface area (Å²) in [6.07, 6.45) is 12.5. The van der Waals surface area contributed by atoms with Crippen molar-refractivity contribution in [3.63, 3.8) is 0 Å². The van der Waals surface area contributed by atoms with E-state index in [0.29, 0.717) is 6.54 Å². The van der Waals surface area contributed by atoms with Gasteiger partial charge in [-0.15, -0.1) is 0 Å². The number of carbonyl (C=O) groups excluding carboxylic acids is 1. The number of hydrogen-bond acceptors (Lipinski definition) is 2. The average molecular weight is 331 g/mol. The van der Waals surface area contributed by atoms with Crippen LogP contribution in [0.15, 0.2) is 65.5 Å². The second kappa shape index (κ2) is 6.55. The predicted molar refractivity (Wildman–Crippen MR) is 102 cm³/mol. The predicted octanol–water partition coefficient (Wildman–Crippen LogP) is 4.44. The number of unbranched alkanes of at least 4 members (excludes halogenated alkanes) is 1. The molecular weight excluding hydrogens is 310 g/mol. The van der Waals surface area contributed by atoms with Crippen molar-refractivity contribution >= 4 is 28.2 Å². The van der Waals surface area contributed by atoms with E-state index >= 15 is 0 Å². The maximum absolute atomic E-state index is 13.3. The second-order valence-electron chi connectivity index (χ2n) is 6.41. The molecule has 0 bridgehead atoms. The number of hydrogen-bond donors (Lipinski definition) is 1. The summed E-state index contributed by atoms with van der Waals surface area (Å²) in [7, 11) is 0. The van der Waals surface area contributed by atoms with E-state index in [1.807, 2.05) is 42.6 Å².